The summed E-state index contributed by atoms with van der Waals surface area (Å²) in [6.07, 6.45) is -0.103. The molecule has 2 rings (SSSR count). The number of nitrogens with one attached hydrogen (secondary N) is 1. The molecule has 0 fully saturated rings. The normalized spacial score (nSPS) is 13.1. The fraction of sp³-hybridized carbons (Fsp3) is 0.267. The molecular weight excluding hydrogens is 302 g/mol. The van der Waals surface area contributed by atoms with E-state index >= 15 is 0 Å². The van der Waals surface area contributed by atoms with E-state index in [1.807, 2.05) is 30.5 Å². The highest BCUT2D eigenvalue weighted by molar-refractivity contribution is 7.10. The standard InChI is InChI=1S/C15H15N3O3S/c1-10(7-14(19)15-3-2-6-22-15)17-13-5-4-12(18(20)21)8-11(13)9-16/h2-6,8,10,14,17,19H,7H2,1H3/t10-,14+/m1/s1. The van der Waals surface area contributed by atoms with Crippen molar-refractivity contribution in [2.45, 2.75) is 25.5 Å². The summed E-state index contributed by atoms with van der Waals surface area (Å²) in [7, 11) is 0. The van der Waals surface area contributed by atoms with Crippen molar-refractivity contribution >= 4 is 22.7 Å². The molecule has 1 aromatic carbocycles. The SMILES string of the molecule is C[C@H](C[C@H](O)c1cccs1)Nc1ccc([N+](=O)[O-])cc1C#N. The van der Waals surface area contributed by atoms with Gasteiger partial charge in [-0.1, -0.05) is 6.07 Å². The van der Waals surface area contributed by atoms with Crippen molar-refractivity contribution in [1.29, 1.82) is 5.26 Å². The number of nitriles is 1. The minimum absolute atomic E-state index is 0.0920. The Labute approximate surface area is 131 Å². The molecule has 0 radical (unpaired) electrons. The largest absolute Gasteiger partial charge is 0.387 e. The fourth-order valence-electron chi connectivity index (χ4n) is 2.12. The number of hydrogen-bond acceptors (Lipinski definition) is 6. The quantitative estimate of drug-likeness (QED) is 0.628. The molecule has 22 heavy (non-hydrogen) atoms. The second kappa shape index (κ2) is 7.02. The second-order valence-corrected chi connectivity index (χ2v) is 5.89. The van der Waals surface area contributed by atoms with Crippen LogP contribution in [0.25, 0.3) is 0 Å². The number of aliphatic hydroxyl groups is 1. The molecule has 0 saturated carbocycles. The zero-order valence-electron chi connectivity index (χ0n) is 11.9. The van der Waals surface area contributed by atoms with Gasteiger partial charge in [0.15, 0.2) is 0 Å². The van der Waals surface area contributed by atoms with Crippen molar-refractivity contribution in [2.75, 3.05) is 5.32 Å². The first-order chi connectivity index (χ1) is 10.5. The van der Waals surface area contributed by atoms with Crippen LogP contribution >= 0.6 is 11.3 Å². The van der Waals surface area contributed by atoms with Gasteiger partial charge in [-0.3, -0.25) is 10.1 Å². The Balaban J connectivity index is 2.07. The average molecular weight is 317 g/mol. The predicted molar refractivity (Wildman–Crippen MR) is 84.8 cm³/mol. The number of non-ortho nitro benzene ring substituents is 1. The zero-order chi connectivity index (χ0) is 16.1. The van der Waals surface area contributed by atoms with Crippen LogP contribution in [0.1, 0.15) is 29.9 Å². The van der Waals surface area contributed by atoms with E-state index in [4.69, 9.17) is 5.26 Å². The van der Waals surface area contributed by atoms with Crippen LogP contribution in [0, 0.1) is 21.4 Å². The summed E-state index contributed by atoms with van der Waals surface area (Å²) in [6.45, 7) is 1.89. The Morgan fingerprint density at radius 3 is 2.86 bits per heavy atom. The molecule has 2 N–H and O–H groups in total. The Morgan fingerprint density at radius 2 is 2.27 bits per heavy atom. The summed E-state index contributed by atoms with van der Waals surface area (Å²) in [4.78, 5) is 11.1. The van der Waals surface area contributed by atoms with E-state index in [-0.39, 0.29) is 17.3 Å². The van der Waals surface area contributed by atoms with Gasteiger partial charge in [0.05, 0.1) is 22.3 Å². The van der Waals surface area contributed by atoms with Crippen LogP contribution in [-0.2, 0) is 0 Å². The molecule has 0 aliphatic rings. The Kier molecular flexibility index (Phi) is 5.09. The lowest BCUT2D eigenvalue weighted by Gasteiger charge is -2.19. The molecule has 0 aliphatic carbocycles. The molecule has 7 heteroatoms. The number of anilines is 1. The van der Waals surface area contributed by atoms with Gasteiger partial charge in [0.2, 0.25) is 0 Å². The first-order valence-electron chi connectivity index (χ1n) is 6.67. The molecule has 2 atom stereocenters. The van der Waals surface area contributed by atoms with Crippen molar-refractivity contribution in [1.82, 2.24) is 0 Å². The third-order valence-corrected chi connectivity index (χ3v) is 4.16. The van der Waals surface area contributed by atoms with Crippen molar-refractivity contribution in [3.05, 3.63) is 56.3 Å². The minimum atomic E-state index is -0.578. The number of nitrogens with zero attached hydrogens (tertiary/aromatic N) is 2. The first-order valence-corrected chi connectivity index (χ1v) is 7.55. The Hall–Kier alpha value is -2.43. The monoisotopic (exact) mass is 317 g/mol. The Morgan fingerprint density at radius 1 is 1.50 bits per heavy atom. The number of hydrogen-bond donors (Lipinski definition) is 2. The molecule has 0 saturated heterocycles. The molecule has 2 aromatic rings. The molecule has 0 aliphatic heterocycles. The first kappa shape index (κ1) is 15.9. The molecule has 0 amide bonds. The van der Waals surface area contributed by atoms with Gasteiger partial charge in [-0.2, -0.15) is 5.26 Å². The molecule has 0 spiro atoms. The zero-order valence-corrected chi connectivity index (χ0v) is 12.7. The maximum Gasteiger partial charge on any atom is 0.270 e. The van der Waals surface area contributed by atoms with Crippen LogP contribution in [0.2, 0.25) is 0 Å². The summed E-state index contributed by atoms with van der Waals surface area (Å²) in [5.41, 5.74) is 0.624. The highest BCUT2D eigenvalue weighted by Gasteiger charge is 2.16. The van der Waals surface area contributed by atoms with Crippen LogP contribution in [0.4, 0.5) is 11.4 Å². The molecule has 114 valence electrons. The Bertz CT molecular complexity index is 695. The highest BCUT2D eigenvalue weighted by Crippen LogP contribution is 2.26. The van der Waals surface area contributed by atoms with Gasteiger partial charge < -0.3 is 10.4 Å². The molecule has 6 nitrogen and oxygen atoms in total. The summed E-state index contributed by atoms with van der Waals surface area (Å²) in [6, 6.07) is 9.72. The smallest absolute Gasteiger partial charge is 0.270 e. The third-order valence-electron chi connectivity index (χ3n) is 3.18. The molecule has 1 aromatic heterocycles. The lowest BCUT2D eigenvalue weighted by atomic mass is 10.1. The van der Waals surface area contributed by atoms with Gasteiger partial charge >= 0.3 is 0 Å². The van der Waals surface area contributed by atoms with Crippen molar-refractivity contribution < 1.29 is 10.0 Å². The van der Waals surface area contributed by atoms with E-state index in [1.165, 1.54) is 29.5 Å². The van der Waals surface area contributed by atoms with E-state index in [2.05, 4.69) is 5.32 Å². The number of nitro groups is 1. The van der Waals surface area contributed by atoms with E-state index in [0.717, 1.165) is 4.88 Å². The number of benzene rings is 1. The van der Waals surface area contributed by atoms with Crippen LogP contribution in [0.3, 0.4) is 0 Å². The summed E-state index contributed by atoms with van der Waals surface area (Å²) < 4.78 is 0. The van der Waals surface area contributed by atoms with E-state index < -0.39 is 11.0 Å². The number of aliphatic hydroxyl groups excluding tert-OH is 1. The van der Waals surface area contributed by atoms with Crippen molar-refractivity contribution in [2.24, 2.45) is 0 Å². The lowest BCUT2D eigenvalue weighted by molar-refractivity contribution is -0.384. The van der Waals surface area contributed by atoms with Crippen molar-refractivity contribution in [3.63, 3.8) is 0 Å². The minimum Gasteiger partial charge on any atom is -0.387 e. The van der Waals surface area contributed by atoms with Gasteiger partial charge in [-0.25, -0.2) is 0 Å². The topological polar surface area (TPSA) is 99.2 Å². The number of rotatable bonds is 6. The van der Waals surface area contributed by atoms with Crippen LogP contribution in [0.15, 0.2) is 35.7 Å². The van der Waals surface area contributed by atoms with Gasteiger partial charge in [0.1, 0.15) is 6.07 Å². The van der Waals surface area contributed by atoms with E-state index in [1.54, 1.807) is 0 Å². The second-order valence-electron chi connectivity index (χ2n) is 4.91. The van der Waals surface area contributed by atoms with Gasteiger partial charge in [-0.05, 0) is 30.9 Å². The van der Waals surface area contributed by atoms with Crippen LogP contribution < -0.4 is 5.32 Å². The molecule has 0 bridgehead atoms. The third kappa shape index (κ3) is 3.81. The van der Waals surface area contributed by atoms with Crippen LogP contribution in [-0.4, -0.2) is 16.1 Å². The summed E-state index contributed by atoms with van der Waals surface area (Å²) >= 11 is 1.49. The number of thiophene rings is 1. The van der Waals surface area contributed by atoms with E-state index in [9.17, 15) is 15.2 Å². The molecule has 1 heterocycles. The fourth-order valence-corrected chi connectivity index (χ4v) is 2.85. The average Bonchev–Trinajstić information content (AvgIpc) is 3.01. The van der Waals surface area contributed by atoms with Crippen molar-refractivity contribution in [3.8, 4) is 6.07 Å². The van der Waals surface area contributed by atoms with Gasteiger partial charge in [0.25, 0.3) is 5.69 Å². The van der Waals surface area contributed by atoms with E-state index in [0.29, 0.717) is 12.1 Å². The van der Waals surface area contributed by atoms with Gasteiger partial charge in [0, 0.05) is 23.1 Å². The maximum absolute atomic E-state index is 10.7. The molecule has 0 unspecified atom stereocenters. The lowest BCUT2D eigenvalue weighted by Crippen LogP contribution is -2.19. The number of nitro benzene ring substituents is 1. The molecular formula is C15H15N3O3S. The summed E-state index contributed by atoms with van der Waals surface area (Å²) in [5.74, 6) is 0. The van der Waals surface area contributed by atoms with Gasteiger partial charge in [-0.15, -0.1) is 11.3 Å². The highest BCUT2D eigenvalue weighted by atomic mass is 32.1. The predicted octanol–water partition coefficient (Wildman–Crippen LogP) is 3.45. The van der Waals surface area contributed by atoms with Crippen LogP contribution in [0.5, 0.6) is 0 Å². The summed E-state index contributed by atoms with van der Waals surface area (Å²) in [5, 5.41) is 35.0. The maximum atomic E-state index is 10.7.